The first-order valence-electron chi connectivity index (χ1n) is 7.75. The summed E-state index contributed by atoms with van der Waals surface area (Å²) in [6, 6.07) is 6.33. The molecule has 0 aromatic heterocycles. The summed E-state index contributed by atoms with van der Waals surface area (Å²) in [6.45, 7) is 4.26. The summed E-state index contributed by atoms with van der Waals surface area (Å²) in [6.07, 6.45) is 6.35. The highest BCUT2D eigenvalue weighted by molar-refractivity contribution is 5.89. The number of aromatic carboxylic acids is 1. The Morgan fingerprint density at radius 2 is 2.10 bits per heavy atom. The van der Waals surface area contributed by atoms with Crippen molar-refractivity contribution in [2.75, 3.05) is 6.54 Å². The van der Waals surface area contributed by atoms with E-state index in [2.05, 4.69) is 17.9 Å². The maximum Gasteiger partial charge on any atom is 0.335 e. The van der Waals surface area contributed by atoms with Crippen LogP contribution in [-0.2, 0) is 13.0 Å². The molecule has 1 N–H and O–H groups in total. The lowest BCUT2D eigenvalue weighted by molar-refractivity contribution is 0.0693. The minimum absolute atomic E-state index is 0.496. The van der Waals surface area contributed by atoms with E-state index in [-0.39, 0.29) is 0 Å². The molecule has 2 aliphatic rings. The molecule has 0 amide bonds. The van der Waals surface area contributed by atoms with Gasteiger partial charge >= 0.3 is 5.97 Å². The lowest BCUT2D eigenvalue weighted by Crippen LogP contribution is -2.41. The number of nitrogens with zero attached hydrogens (tertiary/aromatic N) is 1. The maximum atomic E-state index is 11.3. The highest BCUT2D eigenvalue weighted by Crippen LogP contribution is 2.33. The molecule has 1 aliphatic heterocycles. The molecular weight excluding hydrogens is 250 g/mol. The minimum Gasteiger partial charge on any atom is -0.478 e. The zero-order valence-electron chi connectivity index (χ0n) is 12.1. The Labute approximate surface area is 120 Å². The van der Waals surface area contributed by atoms with Gasteiger partial charge in [0, 0.05) is 19.1 Å². The van der Waals surface area contributed by atoms with Crippen LogP contribution in [0.15, 0.2) is 18.2 Å². The van der Waals surface area contributed by atoms with Crippen LogP contribution in [0, 0.1) is 5.92 Å². The van der Waals surface area contributed by atoms with Crippen LogP contribution < -0.4 is 0 Å². The van der Waals surface area contributed by atoms with Crippen LogP contribution in [0.25, 0.3) is 0 Å². The fourth-order valence-corrected chi connectivity index (χ4v) is 3.92. The summed E-state index contributed by atoms with van der Waals surface area (Å²) in [7, 11) is 0. The Morgan fingerprint density at radius 3 is 2.80 bits per heavy atom. The zero-order valence-corrected chi connectivity index (χ0v) is 12.1. The van der Waals surface area contributed by atoms with Crippen molar-refractivity contribution in [2.24, 2.45) is 5.92 Å². The largest absolute Gasteiger partial charge is 0.478 e. The molecule has 1 unspecified atom stereocenters. The normalized spacial score (nSPS) is 21.6. The van der Waals surface area contributed by atoms with Gasteiger partial charge in [-0.15, -0.1) is 0 Å². The number of carboxylic acids is 1. The number of hydrogen-bond acceptors (Lipinski definition) is 2. The average molecular weight is 273 g/mol. The van der Waals surface area contributed by atoms with Gasteiger partial charge in [0.25, 0.3) is 0 Å². The van der Waals surface area contributed by atoms with E-state index in [1.165, 1.54) is 31.2 Å². The predicted molar refractivity (Wildman–Crippen MR) is 78.9 cm³/mol. The number of rotatable bonds is 3. The molecule has 20 heavy (non-hydrogen) atoms. The highest BCUT2D eigenvalue weighted by atomic mass is 16.4. The van der Waals surface area contributed by atoms with E-state index in [1.54, 1.807) is 6.07 Å². The molecule has 1 aromatic rings. The van der Waals surface area contributed by atoms with Gasteiger partial charge in [-0.2, -0.15) is 0 Å². The van der Waals surface area contributed by atoms with E-state index < -0.39 is 5.97 Å². The van der Waals surface area contributed by atoms with Gasteiger partial charge < -0.3 is 5.11 Å². The zero-order chi connectivity index (χ0) is 14.1. The summed E-state index contributed by atoms with van der Waals surface area (Å²) in [5.74, 6) is 0.0401. The molecule has 1 aliphatic carbocycles. The maximum absolute atomic E-state index is 11.3. The van der Waals surface area contributed by atoms with Crippen LogP contribution in [0.5, 0.6) is 0 Å². The molecule has 1 aromatic carbocycles. The SMILES string of the molecule is CC(C1CCCC1)N1CCc2c(cccc2C(=O)O)C1. The number of carbonyl (C=O) groups is 1. The molecule has 0 radical (unpaired) electrons. The van der Waals surface area contributed by atoms with Gasteiger partial charge in [0.2, 0.25) is 0 Å². The molecule has 0 saturated heterocycles. The molecule has 0 spiro atoms. The molecule has 3 heteroatoms. The van der Waals surface area contributed by atoms with Gasteiger partial charge in [-0.3, -0.25) is 4.90 Å². The van der Waals surface area contributed by atoms with Crippen molar-refractivity contribution in [1.29, 1.82) is 0 Å². The Bertz CT molecular complexity index is 506. The third-order valence-electron chi connectivity index (χ3n) is 5.18. The fourth-order valence-electron chi connectivity index (χ4n) is 3.92. The standard InChI is InChI=1S/C17H23NO2/c1-12(13-5-2-3-6-13)18-10-9-15-14(11-18)7-4-8-16(15)17(19)20/h4,7-8,12-13H,2-3,5-6,9-11H2,1H3,(H,19,20). The Hall–Kier alpha value is -1.35. The van der Waals surface area contributed by atoms with Crippen LogP contribution >= 0.6 is 0 Å². The summed E-state index contributed by atoms with van der Waals surface area (Å²) in [4.78, 5) is 13.8. The van der Waals surface area contributed by atoms with Gasteiger partial charge in [-0.1, -0.05) is 25.0 Å². The molecule has 1 atom stereocenters. The number of fused-ring (bicyclic) bond motifs is 1. The monoisotopic (exact) mass is 273 g/mol. The summed E-state index contributed by atoms with van der Waals surface area (Å²) >= 11 is 0. The molecule has 108 valence electrons. The van der Waals surface area contributed by atoms with Crippen LogP contribution in [0.4, 0.5) is 0 Å². The smallest absolute Gasteiger partial charge is 0.335 e. The molecule has 1 heterocycles. The Kier molecular flexibility index (Phi) is 3.79. The van der Waals surface area contributed by atoms with Gasteiger partial charge in [-0.25, -0.2) is 4.79 Å². The molecule has 1 fully saturated rings. The van der Waals surface area contributed by atoms with Crippen LogP contribution in [0.2, 0.25) is 0 Å². The van der Waals surface area contributed by atoms with Crippen LogP contribution in [0.1, 0.15) is 54.1 Å². The van der Waals surface area contributed by atoms with E-state index in [4.69, 9.17) is 0 Å². The van der Waals surface area contributed by atoms with Crippen LogP contribution in [-0.4, -0.2) is 28.6 Å². The van der Waals surface area contributed by atoms with Gasteiger partial charge in [-0.05, 0) is 49.3 Å². The lowest BCUT2D eigenvalue weighted by atomic mass is 9.91. The number of benzene rings is 1. The fraction of sp³-hybridized carbons (Fsp3) is 0.588. The first kappa shape index (κ1) is 13.6. The first-order valence-corrected chi connectivity index (χ1v) is 7.75. The molecule has 3 nitrogen and oxygen atoms in total. The summed E-state index contributed by atoms with van der Waals surface area (Å²) in [5, 5.41) is 9.27. The number of carboxylic acid groups (broad SMARTS) is 1. The quantitative estimate of drug-likeness (QED) is 0.918. The van der Waals surface area contributed by atoms with E-state index in [0.29, 0.717) is 11.6 Å². The predicted octanol–water partition coefficient (Wildman–Crippen LogP) is 3.32. The van der Waals surface area contributed by atoms with E-state index >= 15 is 0 Å². The first-order chi connectivity index (χ1) is 9.66. The van der Waals surface area contributed by atoms with E-state index in [0.717, 1.165) is 31.0 Å². The van der Waals surface area contributed by atoms with Crippen LogP contribution in [0.3, 0.4) is 0 Å². The highest BCUT2D eigenvalue weighted by Gasteiger charge is 2.29. The topological polar surface area (TPSA) is 40.5 Å². The Morgan fingerprint density at radius 1 is 1.35 bits per heavy atom. The molecule has 3 rings (SSSR count). The molecule has 0 bridgehead atoms. The molecular formula is C17H23NO2. The summed E-state index contributed by atoms with van der Waals surface area (Å²) in [5.41, 5.74) is 2.76. The second kappa shape index (κ2) is 5.57. The van der Waals surface area contributed by atoms with Crippen molar-refractivity contribution in [3.05, 3.63) is 34.9 Å². The van der Waals surface area contributed by atoms with Crippen molar-refractivity contribution in [1.82, 2.24) is 4.90 Å². The van der Waals surface area contributed by atoms with E-state index in [9.17, 15) is 9.90 Å². The summed E-state index contributed by atoms with van der Waals surface area (Å²) < 4.78 is 0. The van der Waals surface area contributed by atoms with Crippen molar-refractivity contribution >= 4 is 5.97 Å². The van der Waals surface area contributed by atoms with Crippen molar-refractivity contribution < 1.29 is 9.90 Å². The second-order valence-electron chi connectivity index (χ2n) is 6.25. The number of hydrogen-bond donors (Lipinski definition) is 1. The van der Waals surface area contributed by atoms with Gasteiger partial charge in [0.05, 0.1) is 5.56 Å². The average Bonchev–Trinajstić information content (AvgIpc) is 2.99. The van der Waals surface area contributed by atoms with Gasteiger partial charge in [0.1, 0.15) is 0 Å². The van der Waals surface area contributed by atoms with Crippen molar-refractivity contribution in [3.8, 4) is 0 Å². The second-order valence-corrected chi connectivity index (χ2v) is 6.25. The molecule has 1 saturated carbocycles. The third-order valence-corrected chi connectivity index (χ3v) is 5.18. The lowest BCUT2D eigenvalue weighted by Gasteiger charge is -2.37. The van der Waals surface area contributed by atoms with Crippen molar-refractivity contribution in [3.63, 3.8) is 0 Å². The van der Waals surface area contributed by atoms with Crippen molar-refractivity contribution in [2.45, 2.75) is 51.6 Å². The van der Waals surface area contributed by atoms with Gasteiger partial charge in [0.15, 0.2) is 0 Å². The van der Waals surface area contributed by atoms with E-state index in [1.807, 2.05) is 6.07 Å². The minimum atomic E-state index is -0.792. The third kappa shape index (κ3) is 2.47. The Balaban J connectivity index is 1.78.